The molecule has 0 fully saturated rings. The van der Waals surface area contributed by atoms with Crippen molar-refractivity contribution in [1.82, 2.24) is 15.3 Å². The third kappa shape index (κ3) is 4.49. The second-order valence-corrected chi connectivity index (χ2v) is 5.65. The molecule has 0 unspecified atom stereocenters. The van der Waals surface area contributed by atoms with E-state index in [1.165, 1.54) is 0 Å². The van der Waals surface area contributed by atoms with E-state index in [2.05, 4.69) is 27.2 Å². The van der Waals surface area contributed by atoms with Crippen LogP contribution in [-0.4, -0.2) is 29.5 Å². The Bertz CT molecular complexity index is 942. The Hall–Kier alpha value is -3.67. The number of hydrogen-bond donors (Lipinski definition) is 2. The van der Waals surface area contributed by atoms with Crippen LogP contribution in [0, 0.1) is 0 Å². The van der Waals surface area contributed by atoms with E-state index in [-0.39, 0.29) is 11.6 Å². The molecule has 0 spiro atoms. The summed E-state index contributed by atoms with van der Waals surface area (Å²) in [6.07, 6.45) is 1.62. The third-order valence-electron chi connectivity index (χ3n) is 3.77. The first-order valence-electron chi connectivity index (χ1n) is 8.45. The van der Waals surface area contributed by atoms with Gasteiger partial charge in [-0.3, -0.25) is 4.79 Å². The molecule has 3 rings (SSSR count). The maximum atomic E-state index is 12.4. The molecule has 6 nitrogen and oxygen atoms in total. The van der Waals surface area contributed by atoms with Crippen molar-refractivity contribution in [2.24, 2.45) is 0 Å². The van der Waals surface area contributed by atoms with E-state index in [9.17, 15) is 4.79 Å². The lowest BCUT2D eigenvalue weighted by atomic mass is 10.2. The van der Waals surface area contributed by atoms with Crippen LogP contribution in [-0.2, 0) is 0 Å². The van der Waals surface area contributed by atoms with Crippen LogP contribution < -0.4 is 15.4 Å². The number of nitrogens with one attached hydrogen (secondary N) is 2. The molecule has 1 amide bonds. The predicted molar refractivity (Wildman–Crippen MR) is 106 cm³/mol. The minimum absolute atomic E-state index is 0.267. The minimum Gasteiger partial charge on any atom is -0.495 e. The van der Waals surface area contributed by atoms with Gasteiger partial charge in [-0.05, 0) is 12.1 Å². The molecular weight excluding hydrogens is 340 g/mol. The number of rotatable bonds is 7. The second-order valence-electron chi connectivity index (χ2n) is 5.65. The molecule has 3 aromatic rings. The average Bonchev–Trinajstić information content (AvgIpc) is 2.72. The van der Waals surface area contributed by atoms with E-state index < -0.39 is 0 Å². The summed E-state index contributed by atoms with van der Waals surface area (Å²) in [5.41, 5.74) is 1.83. The van der Waals surface area contributed by atoms with Crippen LogP contribution in [0.15, 0.2) is 73.3 Å². The zero-order valence-corrected chi connectivity index (χ0v) is 15.0. The number of amides is 1. The van der Waals surface area contributed by atoms with Crippen molar-refractivity contribution in [1.29, 1.82) is 0 Å². The zero-order valence-electron chi connectivity index (χ0n) is 15.0. The molecule has 0 bridgehead atoms. The first kappa shape index (κ1) is 18.1. The molecule has 2 N–H and O–H groups in total. The summed E-state index contributed by atoms with van der Waals surface area (Å²) in [7, 11) is 1.60. The van der Waals surface area contributed by atoms with Crippen molar-refractivity contribution >= 4 is 17.4 Å². The zero-order chi connectivity index (χ0) is 19.1. The Kier molecular flexibility index (Phi) is 5.79. The van der Waals surface area contributed by atoms with Crippen molar-refractivity contribution in [3.8, 4) is 17.1 Å². The van der Waals surface area contributed by atoms with Gasteiger partial charge in [0.1, 0.15) is 17.3 Å². The Morgan fingerprint density at radius 2 is 1.85 bits per heavy atom. The van der Waals surface area contributed by atoms with Crippen LogP contribution in [0.3, 0.4) is 0 Å². The van der Waals surface area contributed by atoms with Gasteiger partial charge in [0, 0.05) is 18.2 Å². The van der Waals surface area contributed by atoms with Gasteiger partial charge in [0.25, 0.3) is 5.91 Å². The molecule has 0 saturated heterocycles. The summed E-state index contributed by atoms with van der Waals surface area (Å²) in [5.74, 6) is 1.34. The van der Waals surface area contributed by atoms with E-state index in [4.69, 9.17) is 4.74 Å². The third-order valence-corrected chi connectivity index (χ3v) is 3.77. The van der Waals surface area contributed by atoms with Crippen molar-refractivity contribution < 1.29 is 9.53 Å². The standard InChI is InChI=1S/C21H20N4O2/c1-3-13-22-21(26)17-14-19(23-16-11-7-8-12-18(16)27-2)25-20(24-17)15-9-5-4-6-10-15/h3-12,14H,1,13H2,2H3,(H,22,26)(H,23,24,25). The number of aromatic nitrogens is 2. The molecule has 1 aromatic heterocycles. The lowest BCUT2D eigenvalue weighted by molar-refractivity contribution is 0.0953. The highest BCUT2D eigenvalue weighted by molar-refractivity contribution is 5.93. The fourth-order valence-corrected chi connectivity index (χ4v) is 2.49. The molecule has 0 atom stereocenters. The molecule has 6 heteroatoms. The molecule has 0 aliphatic rings. The summed E-state index contributed by atoms with van der Waals surface area (Å²) >= 11 is 0. The summed E-state index contributed by atoms with van der Waals surface area (Å²) in [6.45, 7) is 3.97. The molecule has 0 aliphatic carbocycles. The van der Waals surface area contributed by atoms with E-state index in [0.29, 0.717) is 23.9 Å². The molecular formula is C21H20N4O2. The summed E-state index contributed by atoms with van der Waals surface area (Å²) < 4.78 is 5.37. The highest BCUT2D eigenvalue weighted by Gasteiger charge is 2.13. The van der Waals surface area contributed by atoms with Crippen LogP contribution >= 0.6 is 0 Å². The Morgan fingerprint density at radius 3 is 2.59 bits per heavy atom. The van der Waals surface area contributed by atoms with Crippen LogP contribution in [0.25, 0.3) is 11.4 Å². The minimum atomic E-state index is -0.294. The SMILES string of the molecule is C=CCNC(=O)c1cc(Nc2ccccc2OC)nc(-c2ccccc2)n1. The van der Waals surface area contributed by atoms with Gasteiger partial charge in [-0.25, -0.2) is 9.97 Å². The van der Waals surface area contributed by atoms with Gasteiger partial charge in [0.15, 0.2) is 5.82 Å². The quantitative estimate of drug-likeness (QED) is 0.627. The molecule has 0 saturated carbocycles. The van der Waals surface area contributed by atoms with Gasteiger partial charge in [-0.1, -0.05) is 48.5 Å². The van der Waals surface area contributed by atoms with Crippen molar-refractivity contribution in [3.05, 3.63) is 79.0 Å². The summed E-state index contributed by atoms with van der Waals surface area (Å²) in [4.78, 5) is 21.4. The van der Waals surface area contributed by atoms with Gasteiger partial charge >= 0.3 is 0 Å². The maximum Gasteiger partial charge on any atom is 0.270 e. The fraction of sp³-hybridized carbons (Fsp3) is 0.0952. The summed E-state index contributed by atoms with van der Waals surface area (Å²) in [5, 5.41) is 5.95. The lowest BCUT2D eigenvalue weighted by Crippen LogP contribution is -2.24. The fourth-order valence-electron chi connectivity index (χ4n) is 2.49. The second kappa shape index (κ2) is 8.62. The van der Waals surface area contributed by atoms with Gasteiger partial charge in [-0.15, -0.1) is 6.58 Å². The largest absolute Gasteiger partial charge is 0.495 e. The van der Waals surface area contributed by atoms with Crippen LogP contribution in [0.5, 0.6) is 5.75 Å². The number of methoxy groups -OCH3 is 1. The van der Waals surface area contributed by atoms with E-state index in [0.717, 1.165) is 11.3 Å². The van der Waals surface area contributed by atoms with Crippen molar-refractivity contribution in [3.63, 3.8) is 0 Å². The Labute approximate surface area is 157 Å². The molecule has 136 valence electrons. The number of ether oxygens (including phenoxy) is 1. The highest BCUT2D eigenvalue weighted by atomic mass is 16.5. The first-order valence-corrected chi connectivity index (χ1v) is 8.45. The van der Waals surface area contributed by atoms with Crippen LogP contribution in [0.2, 0.25) is 0 Å². The molecule has 27 heavy (non-hydrogen) atoms. The predicted octanol–water partition coefficient (Wildman–Crippen LogP) is 3.81. The van der Waals surface area contributed by atoms with Gasteiger partial charge in [0.05, 0.1) is 12.8 Å². The van der Waals surface area contributed by atoms with Gasteiger partial charge in [-0.2, -0.15) is 0 Å². The number of anilines is 2. The van der Waals surface area contributed by atoms with Crippen molar-refractivity contribution in [2.75, 3.05) is 19.0 Å². The monoisotopic (exact) mass is 360 g/mol. The summed E-state index contributed by atoms with van der Waals surface area (Å²) in [6, 6.07) is 18.6. The lowest BCUT2D eigenvalue weighted by Gasteiger charge is -2.12. The molecule has 2 aromatic carbocycles. The van der Waals surface area contributed by atoms with Gasteiger partial charge < -0.3 is 15.4 Å². The van der Waals surface area contributed by atoms with E-state index in [1.807, 2.05) is 54.6 Å². The number of carbonyl (C=O) groups excluding carboxylic acids is 1. The van der Waals surface area contributed by atoms with E-state index >= 15 is 0 Å². The molecule has 0 radical (unpaired) electrons. The Morgan fingerprint density at radius 1 is 1.11 bits per heavy atom. The maximum absolute atomic E-state index is 12.4. The smallest absolute Gasteiger partial charge is 0.270 e. The molecule has 1 heterocycles. The Balaban J connectivity index is 2.01. The normalized spacial score (nSPS) is 10.1. The van der Waals surface area contributed by atoms with Crippen molar-refractivity contribution in [2.45, 2.75) is 0 Å². The molecule has 0 aliphatic heterocycles. The average molecular weight is 360 g/mol. The number of carbonyl (C=O) groups is 1. The highest BCUT2D eigenvalue weighted by Crippen LogP contribution is 2.27. The van der Waals surface area contributed by atoms with Crippen LogP contribution in [0.1, 0.15) is 10.5 Å². The number of benzene rings is 2. The number of hydrogen-bond acceptors (Lipinski definition) is 5. The van der Waals surface area contributed by atoms with E-state index in [1.54, 1.807) is 19.3 Å². The number of para-hydroxylation sites is 2. The van der Waals surface area contributed by atoms with Gasteiger partial charge in [0.2, 0.25) is 0 Å². The topological polar surface area (TPSA) is 76.1 Å². The van der Waals surface area contributed by atoms with Crippen LogP contribution in [0.4, 0.5) is 11.5 Å². The first-order chi connectivity index (χ1) is 13.2. The number of nitrogens with zero attached hydrogens (tertiary/aromatic N) is 2.